The average Bonchev–Trinajstić information content (AvgIpc) is 2.24. The van der Waals surface area contributed by atoms with E-state index in [9.17, 15) is 22.4 Å². The van der Waals surface area contributed by atoms with E-state index >= 15 is 0 Å². The second-order valence-electron chi connectivity index (χ2n) is 3.19. The van der Waals surface area contributed by atoms with Crippen LogP contribution in [-0.4, -0.2) is 18.6 Å². The molecular weight excluding hydrogens is 238 g/mol. The number of hydrogen-bond acceptors (Lipinski definition) is 1. The maximum atomic E-state index is 13.1. The van der Waals surface area contributed by atoms with Gasteiger partial charge in [-0.2, -0.15) is 13.2 Å². The summed E-state index contributed by atoms with van der Waals surface area (Å²) in [6, 6.07) is 5.61. The minimum absolute atomic E-state index is 0.134. The van der Waals surface area contributed by atoms with Gasteiger partial charge in [0.15, 0.2) is 0 Å². The number of carbonyl (C=O) groups is 1. The molecule has 0 radical (unpaired) electrons. The number of carbonyl (C=O) groups excluding carboxylic acids is 1. The molecule has 0 atom stereocenters. The summed E-state index contributed by atoms with van der Waals surface area (Å²) in [7, 11) is 0. The highest BCUT2D eigenvalue weighted by Crippen LogP contribution is 2.12. The van der Waals surface area contributed by atoms with Crippen LogP contribution in [0.2, 0.25) is 0 Å². The standard InChI is InChI=1S/C11H9F4NO/c12-9-4-2-1-3-8(9)5-6-10(17)16-7-11(13,14)15/h1-6H,7H2,(H,16,17)/b6-5-. The predicted molar refractivity (Wildman–Crippen MR) is 54.5 cm³/mol. The molecule has 0 aliphatic carbocycles. The number of benzene rings is 1. The van der Waals surface area contributed by atoms with Gasteiger partial charge in [0.1, 0.15) is 12.4 Å². The van der Waals surface area contributed by atoms with Crippen LogP contribution in [0, 0.1) is 5.82 Å². The molecule has 92 valence electrons. The average molecular weight is 247 g/mol. The Morgan fingerprint density at radius 3 is 2.53 bits per heavy atom. The summed E-state index contributed by atoms with van der Waals surface area (Å²) in [5.41, 5.74) is 0.134. The van der Waals surface area contributed by atoms with E-state index in [1.807, 2.05) is 0 Å². The van der Waals surface area contributed by atoms with Crippen LogP contribution in [-0.2, 0) is 4.79 Å². The molecule has 2 nitrogen and oxygen atoms in total. The highest BCUT2D eigenvalue weighted by Gasteiger charge is 2.27. The number of alkyl halides is 3. The smallest absolute Gasteiger partial charge is 0.343 e. The van der Waals surface area contributed by atoms with Gasteiger partial charge in [0.2, 0.25) is 5.91 Å². The molecule has 1 rings (SSSR count). The van der Waals surface area contributed by atoms with E-state index in [0.717, 1.165) is 12.2 Å². The Balaban J connectivity index is 2.55. The molecule has 0 bridgehead atoms. The third-order valence-corrected chi connectivity index (χ3v) is 1.78. The van der Waals surface area contributed by atoms with Crippen LogP contribution in [0.15, 0.2) is 30.3 Å². The van der Waals surface area contributed by atoms with Gasteiger partial charge in [-0.3, -0.25) is 4.79 Å². The first kappa shape index (κ1) is 13.2. The molecule has 0 saturated carbocycles. The minimum atomic E-state index is -4.46. The highest BCUT2D eigenvalue weighted by molar-refractivity contribution is 5.91. The lowest BCUT2D eigenvalue weighted by Crippen LogP contribution is -2.32. The molecular formula is C11H9F4NO. The number of rotatable bonds is 3. The van der Waals surface area contributed by atoms with Gasteiger partial charge in [0.25, 0.3) is 0 Å². The fourth-order valence-corrected chi connectivity index (χ4v) is 1.02. The first-order chi connectivity index (χ1) is 7.88. The lowest BCUT2D eigenvalue weighted by atomic mass is 10.2. The third-order valence-electron chi connectivity index (χ3n) is 1.78. The highest BCUT2D eigenvalue weighted by atomic mass is 19.4. The van der Waals surface area contributed by atoms with Crippen molar-refractivity contribution in [1.29, 1.82) is 0 Å². The number of amides is 1. The topological polar surface area (TPSA) is 29.1 Å². The summed E-state index contributed by atoms with van der Waals surface area (Å²) in [5, 5.41) is 1.64. The van der Waals surface area contributed by atoms with E-state index in [2.05, 4.69) is 0 Å². The Morgan fingerprint density at radius 1 is 1.29 bits per heavy atom. The summed E-state index contributed by atoms with van der Waals surface area (Å²) in [5.74, 6) is -1.47. The normalized spacial score (nSPS) is 11.8. The molecule has 6 heteroatoms. The molecule has 1 aromatic carbocycles. The van der Waals surface area contributed by atoms with Crippen LogP contribution in [0.1, 0.15) is 5.56 Å². The fraction of sp³-hybridized carbons (Fsp3) is 0.182. The molecule has 0 fully saturated rings. The van der Waals surface area contributed by atoms with Gasteiger partial charge in [0, 0.05) is 11.6 Å². The van der Waals surface area contributed by atoms with Crippen molar-refractivity contribution >= 4 is 12.0 Å². The van der Waals surface area contributed by atoms with E-state index in [-0.39, 0.29) is 5.56 Å². The van der Waals surface area contributed by atoms with Crippen molar-refractivity contribution in [3.05, 3.63) is 41.7 Å². The lowest BCUT2D eigenvalue weighted by Gasteiger charge is -2.05. The van der Waals surface area contributed by atoms with E-state index in [1.54, 1.807) is 11.4 Å². The first-order valence-electron chi connectivity index (χ1n) is 4.66. The zero-order valence-electron chi connectivity index (χ0n) is 8.59. The van der Waals surface area contributed by atoms with Crippen molar-refractivity contribution < 1.29 is 22.4 Å². The van der Waals surface area contributed by atoms with Crippen molar-refractivity contribution in [2.75, 3.05) is 6.54 Å². The van der Waals surface area contributed by atoms with Crippen LogP contribution in [0.25, 0.3) is 6.08 Å². The van der Waals surface area contributed by atoms with Crippen molar-refractivity contribution in [1.82, 2.24) is 5.32 Å². The maximum absolute atomic E-state index is 13.1. The molecule has 0 saturated heterocycles. The second kappa shape index (κ2) is 5.47. The van der Waals surface area contributed by atoms with Crippen LogP contribution in [0.3, 0.4) is 0 Å². The summed E-state index contributed by atoms with van der Waals surface area (Å²) >= 11 is 0. The van der Waals surface area contributed by atoms with Crippen molar-refractivity contribution in [3.8, 4) is 0 Å². The number of hydrogen-bond donors (Lipinski definition) is 1. The molecule has 0 aliphatic heterocycles. The summed E-state index contributed by atoms with van der Waals surface area (Å²) in [6.45, 7) is -1.41. The number of nitrogens with one attached hydrogen (secondary N) is 1. The van der Waals surface area contributed by atoms with E-state index in [0.29, 0.717) is 0 Å². The molecule has 0 spiro atoms. The Labute approximate surface area is 94.9 Å². The molecule has 1 aromatic rings. The van der Waals surface area contributed by atoms with Crippen molar-refractivity contribution in [2.45, 2.75) is 6.18 Å². The molecule has 0 unspecified atom stereocenters. The first-order valence-corrected chi connectivity index (χ1v) is 4.66. The van der Waals surface area contributed by atoms with Gasteiger partial charge in [-0.05, 0) is 12.1 Å². The quantitative estimate of drug-likeness (QED) is 0.645. The zero-order chi connectivity index (χ0) is 12.9. The van der Waals surface area contributed by atoms with Gasteiger partial charge >= 0.3 is 6.18 Å². The Hall–Kier alpha value is -1.85. The Kier molecular flexibility index (Phi) is 4.25. The maximum Gasteiger partial charge on any atom is 0.405 e. The summed E-state index contributed by atoms with van der Waals surface area (Å²) in [6.07, 6.45) is -2.49. The van der Waals surface area contributed by atoms with Crippen molar-refractivity contribution in [2.24, 2.45) is 0 Å². The SMILES string of the molecule is O=C(/C=C\c1ccccc1F)NCC(F)(F)F. The molecule has 1 amide bonds. The molecule has 0 heterocycles. The molecule has 0 aromatic heterocycles. The van der Waals surface area contributed by atoms with Gasteiger partial charge < -0.3 is 5.32 Å². The largest absolute Gasteiger partial charge is 0.405 e. The van der Waals surface area contributed by atoms with Crippen LogP contribution < -0.4 is 5.32 Å². The molecule has 1 N–H and O–H groups in total. The van der Waals surface area contributed by atoms with Crippen LogP contribution in [0.4, 0.5) is 17.6 Å². The Bertz CT molecular complexity index is 426. The van der Waals surface area contributed by atoms with E-state index in [1.165, 1.54) is 18.2 Å². The second-order valence-corrected chi connectivity index (χ2v) is 3.19. The minimum Gasteiger partial charge on any atom is -0.343 e. The summed E-state index contributed by atoms with van der Waals surface area (Å²) < 4.78 is 48.3. The zero-order valence-corrected chi connectivity index (χ0v) is 8.59. The van der Waals surface area contributed by atoms with Gasteiger partial charge in [-0.15, -0.1) is 0 Å². The number of halogens is 4. The molecule has 17 heavy (non-hydrogen) atoms. The third kappa shape index (κ3) is 5.14. The van der Waals surface area contributed by atoms with Gasteiger partial charge in [-0.1, -0.05) is 18.2 Å². The monoisotopic (exact) mass is 247 g/mol. The van der Waals surface area contributed by atoms with E-state index < -0.39 is 24.4 Å². The molecule has 0 aliphatic rings. The van der Waals surface area contributed by atoms with E-state index in [4.69, 9.17) is 0 Å². The predicted octanol–water partition coefficient (Wildman–Crippen LogP) is 2.52. The van der Waals surface area contributed by atoms with Crippen molar-refractivity contribution in [3.63, 3.8) is 0 Å². The Morgan fingerprint density at radius 2 is 1.94 bits per heavy atom. The summed E-state index contributed by atoms with van der Waals surface area (Å²) in [4.78, 5) is 11.0. The fourth-order valence-electron chi connectivity index (χ4n) is 1.02. The van der Waals surface area contributed by atoms with Gasteiger partial charge in [-0.25, -0.2) is 4.39 Å². The van der Waals surface area contributed by atoms with Gasteiger partial charge in [0.05, 0.1) is 0 Å². The van der Waals surface area contributed by atoms with Crippen LogP contribution in [0.5, 0.6) is 0 Å². The van der Waals surface area contributed by atoms with Crippen LogP contribution >= 0.6 is 0 Å². The lowest BCUT2D eigenvalue weighted by molar-refractivity contribution is -0.135.